The summed E-state index contributed by atoms with van der Waals surface area (Å²) in [6.07, 6.45) is 0.694. The number of rotatable bonds is 9. The Balaban J connectivity index is 2.66. The molecular formula is C15H24ClNO3. The molecule has 0 fully saturated rings. The topological polar surface area (TPSA) is 53.7 Å². The van der Waals surface area contributed by atoms with E-state index in [0.717, 1.165) is 12.2 Å². The Morgan fingerprint density at radius 3 is 2.60 bits per heavy atom. The summed E-state index contributed by atoms with van der Waals surface area (Å²) in [4.78, 5) is 0. The van der Waals surface area contributed by atoms with Crippen LogP contribution in [0.5, 0.6) is 11.5 Å². The van der Waals surface area contributed by atoms with Crippen molar-refractivity contribution in [2.24, 2.45) is 11.7 Å². The Hall–Kier alpha value is -0.970. The van der Waals surface area contributed by atoms with Gasteiger partial charge >= 0.3 is 0 Å². The second-order valence-corrected chi connectivity index (χ2v) is 5.39. The fourth-order valence-electron chi connectivity index (χ4n) is 1.80. The number of nitrogens with two attached hydrogens (primary N) is 1. The van der Waals surface area contributed by atoms with E-state index in [0.29, 0.717) is 48.6 Å². The van der Waals surface area contributed by atoms with E-state index < -0.39 is 0 Å². The Morgan fingerprint density at radius 2 is 2.00 bits per heavy atom. The summed E-state index contributed by atoms with van der Waals surface area (Å²) in [5, 5.41) is 0.619. The molecule has 0 spiro atoms. The van der Waals surface area contributed by atoms with E-state index in [4.69, 9.17) is 31.5 Å². The Labute approximate surface area is 126 Å². The van der Waals surface area contributed by atoms with Gasteiger partial charge in [-0.1, -0.05) is 25.4 Å². The van der Waals surface area contributed by atoms with Crippen LogP contribution in [-0.4, -0.2) is 33.5 Å². The van der Waals surface area contributed by atoms with Crippen molar-refractivity contribution in [3.63, 3.8) is 0 Å². The van der Waals surface area contributed by atoms with E-state index in [1.165, 1.54) is 0 Å². The first-order valence-electron chi connectivity index (χ1n) is 6.85. The lowest BCUT2D eigenvalue weighted by atomic mass is 10.1. The number of halogens is 1. The molecule has 0 bridgehead atoms. The van der Waals surface area contributed by atoms with E-state index in [-0.39, 0.29) is 0 Å². The number of hydrogen-bond donors (Lipinski definition) is 1. The fraction of sp³-hybridized carbons (Fsp3) is 0.600. The molecule has 2 N–H and O–H groups in total. The predicted octanol–water partition coefficient (Wildman–Crippen LogP) is 2.90. The lowest BCUT2D eigenvalue weighted by Gasteiger charge is -2.16. The summed E-state index contributed by atoms with van der Waals surface area (Å²) in [6.45, 7) is 6.51. The molecule has 1 rings (SSSR count). The Kier molecular flexibility index (Phi) is 7.73. The minimum Gasteiger partial charge on any atom is -0.493 e. The van der Waals surface area contributed by atoms with Crippen LogP contribution in [0, 0.1) is 5.92 Å². The normalized spacial score (nSPS) is 10.9. The zero-order valence-corrected chi connectivity index (χ0v) is 13.2. The third kappa shape index (κ3) is 5.57. The summed E-state index contributed by atoms with van der Waals surface area (Å²) < 4.78 is 16.6. The maximum Gasteiger partial charge on any atom is 0.164 e. The zero-order valence-electron chi connectivity index (χ0n) is 12.4. The van der Waals surface area contributed by atoms with Crippen molar-refractivity contribution in [3.8, 4) is 11.5 Å². The van der Waals surface area contributed by atoms with Crippen LogP contribution in [-0.2, 0) is 11.2 Å². The van der Waals surface area contributed by atoms with E-state index in [9.17, 15) is 0 Å². The van der Waals surface area contributed by atoms with Crippen molar-refractivity contribution in [3.05, 3.63) is 22.7 Å². The summed E-state index contributed by atoms with van der Waals surface area (Å²) in [7, 11) is 1.60. The zero-order chi connectivity index (χ0) is 15.0. The smallest absolute Gasteiger partial charge is 0.164 e. The Bertz CT molecular complexity index is 410. The van der Waals surface area contributed by atoms with Gasteiger partial charge in [-0.05, 0) is 24.9 Å². The lowest BCUT2D eigenvalue weighted by Crippen LogP contribution is -2.12. The summed E-state index contributed by atoms with van der Waals surface area (Å²) in [6, 6.07) is 3.60. The molecule has 0 aliphatic rings. The highest BCUT2D eigenvalue weighted by Crippen LogP contribution is 2.34. The van der Waals surface area contributed by atoms with Crippen LogP contribution in [0.25, 0.3) is 0 Å². The third-order valence-corrected chi connectivity index (χ3v) is 2.87. The number of ether oxygens (including phenoxy) is 3. The minimum absolute atomic E-state index is 0.474. The molecule has 1 aromatic rings. The van der Waals surface area contributed by atoms with Crippen LogP contribution < -0.4 is 15.2 Å². The molecule has 4 nitrogen and oxygen atoms in total. The molecule has 0 amide bonds. The van der Waals surface area contributed by atoms with Gasteiger partial charge in [-0.15, -0.1) is 0 Å². The fourth-order valence-corrected chi connectivity index (χ4v) is 2.03. The van der Waals surface area contributed by atoms with Gasteiger partial charge in [-0.3, -0.25) is 0 Å². The average molecular weight is 302 g/mol. The maximum absolute atomic E-state index is 6.05. The molecule has 114 valence electrons. The van der Waals surface area contributed by atoms with Gasteiger partial charge in [-0.25, -0.2) is 0 Å². The van der Waals surface area contributed by atoms with E-state index in [1.54, 1.807) is 13.2 Å². The van der Waals surface area contributed by atoms with Gasteiger partial charge in [0.25, 0.3) is 0 Å². The van der Waals surface area contributed by atoms with Gasteiger partial charge in [0.15, 0.2) is 11.5 Å². The first kappa shape index (κ1) is 17.1. The molecule has 0 saturated heterocycles. The van der Waals surface area contributed by atoms with E-state index in [2.05, 4.69) is 13.8 Å². The van der Waals surface area contributed by atoms with E-state index in [1.807, 2.05) is 6.07 Å². The van der Waals surface area contributed by atoms with Crippen LogP contribution in [0.15, 0.2) is 12.1 Å². The van der Waals surface area contributed by atoms with Crippen molar-refractivity contribution in [1.29, 1.82) is 0 Å². The minimum atomic E-state index is 0.474. The number of methoxy groups -OCH3 is 1. The second kappa shape index (κ2) is 9.06. The highest BCUT2D eigenvalue weighted by atomic mass is 35.5. The molecule has 0 aromatic heterocycles. The first-order chi connectivity index (χ1) is 9.58. The number of hydrogen-bond acceptors (Lipinski definition) is 4. The molecule has 0 unspecified atom stereocenters. The van der Waals surface area contributed by atoms with Gasteiger partial charge in [0.2, 0.25) is 0 Å². The van der Waals surface area contributed by atoms with Crippen molar-refractivity contribution in [2.75, 3.05) is 33.5 Å². The molecular weight excluding hydrogens is 278 g/mol. The molecule has 1 aromatic carbocycles. The van der Waals surface area contributed by atoms with Gasteiger partial charge < -0.3 is 19.9 Å². The Morgan fingerprint density at radius 1 is 1.25 bits per heavy atom. The molecule has 5 heteroatoms. The van der Waals surface area contributed by atoms with Gasteiger partial charge in [0, 0.05) is 23.3 Å². The quantitative estimate of drug-likeness (QED) is 0.713. The first-order valence-corrected chi connectivity index (χ1v) is 7.23. The van der Waals surface area contributed by atoms with Crippen LogP contribution in [0.1, 0.15) is 19.4 Å². The maximum atomic E-state index is 6.05. The van der Waals surface area contributed by atoms with E-state index >= 15 is 0 Å². The monoisotopic (exact) mass is 301 g/mol. The van der Waals surface area contributed by atoms with Gasteiger partial charge in [0.1, 0.15) is 6.61 Å². The molecule has 0 heterocycles. The second-order valence-electron chi connectivity index (χ2n) is 4.95. The highest BCUT2D eigenvalue weighted by Gasteiger charge is 2.12. The van der Waals surface area contributed by atoms with Gasteiger partial charge in [-0.2, -0.15) is 0 Å². The highest BCUT2D eigenvalue weighted by molar-refractivity contribution is 6.30. The molecule has 0 saturated carbocycles. The summed E-state index contributed by atoms with van der Waals surface area (Å²) in [5.74, 6) is 1.85. The van der Waals surface area contributed by atoms with Crippen molar-refractivity contribution in [1.82, 2.24) is 0 Å². The predicted molar refractivity (Wildman–Crippen MR) is 81.9 cm³/mol. The van der Waals surface area contributed by atoms with Crippen molar-refractivity contribution >= 4 is 11.6 Å². The standard InChI is InChI=1S/C15H24ClNO3/c1-11(2)10-19-6-7-20-15-12(4-5-17)8-13(16)9-14(15)18-3/h8-9,11H,4-7,10,17H2,1-3H3. The van der Waals surface area contributed by atoms with Crippen molar-refractivity contribution in [2.45, 2.75) is 20.3 Å². The van der Waals surface area contributed by atoms with Crippen LogP contribution in [0.4, 0.5) is 0 Å². The van der Waals surface area contributed by atoms with Crippen molar-refractivity contribution < 1.29 is 14.2 Å². The lowest BCUT2D eigenvalue weighted by molar-refractivity contribution is 0.0808. The average Bonchev–Trinajstić information content (AvgIpc) is 2.39. The molecule has 0 aliphatic carbocycles. The summed E-state index contributed by atoms with van der Waals surface area (Å²) >= 11 is 6.05. The number of benzene rings is 1. The largest absolute Gasteiger partial charge is 0.493 e. The molecule has 0 aliphatic heterocycles. The molecule has 20 heavy (non-hydrogen) atoms. The van der Waals surface area contributed by atoms with Crippen LogP contribution in [0.2, 0.25) is 5.02 Å². The molecule has 0 atom stereocenters. The third-order valence-electron chi connectivity index (χ3n) is 2.66. The van der Waals surface area contributed by atoms with Crippen LogP contribution in [0.3, 0.4) is 0 Å². The summed E-state index contributed by atoms with van der Waals surface area (Å²) in [5.41, 5.74) is 6.58. The molecule has 0 radical (unpaired) electrons. The van der Waals surface area contributed by atoms with Crippen LogP contribution >= 0.6 is 11.6 Å². The van der Waals surface area contributed by atoms with Gasteiger partial charge in [0.05, 0.1) is 13.7 Å². The SMILES string of the molecule is COc1cc(Cl)cc(CCN)c1OCCOCC(C)C.